The molecule has 5 nitrogen and oxygen atoms in total. The van der Waals surface area contributed by atoms with E-state index in [4.69, 9.17) is 22.0 Å². The lowest BCUT2D eigenvalue weighted by Gasteiger charge is -2.05. The molecule has 1 N–H and O–H groups in total. The molecule has 0 spiro atoms. The Hall–Kier alpha value is -1.58. The molecule has 0 atom stereocenters. The molecule has 96 valence electrons. The maximum Gasteiger partial charge on any atom is 0.304 e. The van der Waals surface area contributed by atoms with Crippen molar-refractivity contribution in [2.75, 3.05) is 5.75 Å². The number of nitrogens with zero attached hydrogens (tertiary/aromatic N) is 1. The zero-order valence-corrected chi connectivity index (χ0v) is 10.8. The first-order valence-corrected chi connectivity index (χ1v) is 7.15. The zero-order valence-electron chi connectivity index (χ0n) is 9.26. The van der Waals surface area contributed by atoms with Gasteiger partial charge in [0.2, 0.25) is 0 Å². The van der Waals surface area contributed by atoms with Crippen molar-refractivity contribution >= 4 is 27.4 Å². The molecular weight excluding hydrogens is 278 g/mol. The number of hydrogen-bond acceptors (Lipinski definition) is 4. The number of aliphatic carboxylic acids is 1. The summed E-state index contributed by atoms with van der Waals surface area (Å²) in [5, 5.41) is 17.3. The topological polar surface area (TPSA) is 95.2 Å². The van der Waals surface area contributed by atoms with Gasteiger partial charge in [-0.25, -0.2) is 8.42 Å². The lowest BCUT2D eigenvalue weighted by molar-refractivity contribution is -0.136. The van der Waals surface area contributed by atoms with E-state index in [0.717, 1.165) is 0 Å². The van der Waals surface area contributed by atoms with Gasteiger partial charge >= 0.3 is 5.97 Å². The first-order valence-electron chi connectivity index (χ1n) is 4.95. The first-order chi connectivity index (χ1) is 8.34. The van der Waals surface area contributed by atoms with Gasteiger partial charge in [0.1, 0.15) is 0 Å². The van der Waals surface area contributed by atoms with Crippen molar-refractivity contribution in [3.05, 3.63) is 34.3 Å². The number of nitriles is 1. The lowest BCUT2D eigenvalue weighted by atomic mass is 10.2. The van der Waals surface area contributed by atoms with Crippen LogP contribution in [0.5, 0.6) is 0 Å². The fourth-order valence-corrected chi connectivity index (χ4v) is 2.97. The first kappa shape index (κ1) is 14.5. The van der Waals surface area contributed by atoms with Gasteiger partial charge in [0.15, 0.2) is 9.84 Å². The molecule has 0 bridgehead atoms. The molecule has 1 aromatic rings. The summed E-state index contributed by atoms with van der Waals surface area (Å²) >= 11 is 5.85. The minimum atomic E-state index is -3.52. The summed E-state index contributed by atoms with van der Waals surface area (Å²) in [6.45, 7) is 0. The third-order valence-corrected chi connectivity index (χ3v) is 4.11. The number of carboxylic acids is 1. The number of halogens is 1. The quantitative estimate of drug-likeness (QED) is 0.887. The Morgan fingerprint density at radius 2 is 2.11 bits per heavy atom. The van der Waals surface area contributed by atoms with Crippen molar-refractivity contribution in [3.63, 3.8) is 0 Å². The zero-order chi connectivity index (χ0) is 13.8. The number of rotatable bonds is 5. The van der Waals surface area contributed by atoms with Crippen molar-refractivity contribution in [1.29, 1.82) is 5.26 Å². The minimum Gasteiger partial charge on any atom is -0.481 e. The van der Waals surface area contributed by atoms with Crippen LogP contribution in [0.2, 0.25) is 5.02 Å². The van der Waals surface area contributed by atoms with Crippen molar-refractivity contribution in [3.8, 4) is 6.07 Å². The highest BCUT2D eigenvalue weighted by molar-refractivity contribution is 7.90. The van der Waals surface area contributed by atoms with Crippen LogP contribution in [0.4, 0.5) is 0 Å². The van der Waals surface area contributed by atoms with Crippen LogP contribution in [0.1, 0.15) is 17.5 Å². The van der Waals surface area contributed by atoms with Crippen molar-refractivity contribution in [1.82, 2.24) is 0 Å². The van der Waals surface area contributed by atoms with Crippen LogP contribution in [0.25, 0.3) is 0 Å². The van der Waals surface area contributed by atoms with Gasteiger partial charge in [-0.1, -0.05) is 17.7 Å². The van der Waals surface area contributed by atoms with E-state index >= 15 is 0 Å². The molecule has 0 aromatic heterocycles. The van der Waals surface area contributed by atoms with Gasteiger partial charge in [-0.05, 0) is 17.7 Å². The molecule has 0 aliphatic carbocycles. The smallest absolute Gasteiger partial charge is 0.304 e. The molecule has 1 rings (SSSR count). The number of sulfone groups is 1. The number of carbonyl (C=O) groups is 1. The standard InChI is InChI=1S/C11H10ClNO4S/c12-10-5-8(6-13)1-2-9(10)7-18(16,17)4-3-11(14)15/h1-2,5H,3-4,7H2,(H,14,15). The van der Waals surface area contributed by atoms with Crippen LogP contribution in [-0.4, -0.2) is 25.2 Å². The molecule has 18 heavy (non-hydrogen) atoms. The fraction of sp³-hybridized carbons (Fsp3) is 0.273. The van der Waals surface area contributed by atoms with Gasteiger partial charge in [0.05, 0.1) is 29.6 Å². The van der Waals surface area contributed by atoms with Crippen LogP contribution in [0.3, 0.4) is 0 Å². The summed E-state index contributed by atoms with van der Waals surface area (Å²) in [5.41, 5.74) is 0.702. The summed E-state index contributed by atoms with van der Waals surface area (Å²) < 4.78 is 23.2. The molecule has 0 saturated heterocycles. The van der Waals surface area contributed by atoms with E-state index in [0.29, 0.717) is 11.1 Å². The summed E-state index contributed by atoms with van der Waals surface area (Å²) in [4.78, 5) is 10.3. The SMILES string of the molecule is N#Cc1ccc(CS(=O)(=O)CCC(=O)O)c(Cl)c1. The van der Waals surface area contributed by atoms with Gasteiger partial charge < -0.3 is 5.11 Å². The second-order valence-corrected chi connectivity index (χ2v) is 6.25. The third-order valence-electron chi connectivity index (χ3n) is 2.18. The Morgan fingerprint density at radius 1 is 1.44 bits per heavy atom. The van der Waals surface area contributed by atoms with Crippen molar-refractivity contribution in [2.24, 2.45) is 0 Å². The Morgan fingerprint density at radius 3 is 2.61 bits per heavy atom. The van der Waals surface area contributed by atoms with Crippen LogP contribution in [-0.2, 0) is 20.4 Å². The molecule has 0 saturated carbocycles. The van der Waals surface area contributed by atoms with E-state index in [9.17, 15) is 13.2 Å². The normalized spacial score (nSPS) is 10.9. The number of benzene rings is 1. The highest BCUT2D eigenvalue weighted by Gasteiger charge is 2.16. The lowest BCUT2D eigenvalue weighted by Crippen LogP contribution is -2.13. The monoisotopic (exact) mass is 287 g/mol. The Bertz CT molecular complexity index is 604. The van der Waals surface area contributed by atoms with Gasteiger partial charge in [-0.2, -0.15) is 5.26 Å². The Kier molecular flexibility index (Phi) is 4.70. The highest BCUT2D eigenvalue weighted by Crippen LogP contribution is 2.20. The third kappa shape index (κ3) is 4.35. The van der Waals surface area contributed by atoms with E-state index in [1.54, 1.807) is 0 Å². The largest absolute Gasteiger partial charge is 0.481 e. The average molecular weight is 288 g/mol. The van der Waals surface area contributed by atoms with Crippen LogP contribution in [0, 0.1) is 11.3 Å². The number of carboxylic acid groups (broad SMARTS) is 1. The van der Waals surface area contributed by atoms with Crippen LogP contribution < -0.4 is 0 Å². The maximum atomic E-state index is 11.6. The molecule has 7 heteroatoms. The average Bonchev–Trinajstić information content (AvgIpc) is 2.29. The van der Waals surface area contributed by atoms with Gasteiger partial charge in [0, 0.05) is 5.02 Å². The summed E-state index contributed by atoms with van der Waals surface area (Å²) in [6.07, 6.45) is -0.434. The van der Waals surface area contributed by atoms with Crippen molar-refractivity contribution in [2.45, 2.75) is 12.2 Å². The maximum absolute atomic E-state index is 11.6. The number of hydrogen-bond donors (Lipinski definition) is 1. The minimum absolute atomic E-state index is 0.188. The molecule has 0 unspecified atom stereocenters. The molecule has 0 heterocycles. The fourth-order valence-electron chi connectivity index (χ4n) is 1.29. The molecule has 0 radical (unpaired) electrons. The van der Waals surface area contributed by atoms with E-state index in [1.165, 1.54) is 18.2 Å². The predicted octanol–water partition coefficient (Wildman–Crippen LogP) is 1.60. The summed E-state index contributed by atoms with van der Waals surface area (Å²) in [7, 11) is -3.52. The van der Waals surface area contributed by atoms with E-state index in [2.05, 4.69) is 0 Å². The van der Waals surface area contributed by atoms with Gasteiger partial charge in [0.25, 0.3) is 0 Å². The predicted molar refractivity (Wildman–Crippen MR) is 65.9 cm³/mol. The molecule has 1 aromatic carbocycles. The Balaban J connectivity index is 2.85. The van der Waals surface area contributed by atoms with E-state index < -0.39 is 28.0 Å². The molecule has 0 amide bonds. The Labute approximate surface area is 110 Å². The van der Waals surface area contributed by atoms with Gasteiger partial charge in [-0.15, -0.1) is 0 Å². The van der Waals surface area contributed by atoms with E-state index in [1.807, 2.05) is 6.07 Å². The van der Waals surface area contributed by atoms with Crippen LogP contribution in [0.15, 0.2) is 18.2 Å². The molecular formula is C11H10ClNO4S. The van der Waals surface area contributed by atoms with E-state index in [-0.39, 0.29) is 10.8 Å². The molecule has 0 aliphatic heterocycles. The second-order valence-electron chi connectivity index (χ2n) is 3.65. The van der Waals surface area contributed by atoms with Crippen LogP contribution >= 0.6 is 11.6 Å². The molecule has 0 fully saturated rings. The highest BCUT2D eigenvalue weighted by atomic mass is 35.5. The van der Waals surface area contributed by atoms with Crippen molar-refractivity contribution < 1.29 is 18.3 Å². The van der Waals surface area contributed by atoms with Gasteiger partial charge in [-0.3, -0.25) is 4.79 Å². The summed E-state index contributed by atoms with van der Waals surface area (Å²) in [6, 6.07) is 6.19. The summed E-state index contributed by atoms with van der Waals surface area (Å²) in [5.74, 6) is -1.92. The second kappa shape index (κ2) is 5.85. The molecule has 0 aliphatic rings.